The number of hydrogen-bond acceptors (Lipinski definition) is 11. The smallest absolute Gasteiger partial charge is 0.408 e. The molecule has 4 aromatic rings. The molecular weight excluding hydrogens is 801 g/mol. The Hall–Kier alpha value is -7.04. The lowest BCUT2D eigenvalue weighted by Gasteiger charge is -2.30. The second-order valence-electron chi connectivity index (χ2n) is 15.8. The number of ether oxygens (including phenoxy) is 3. The highest BCUT2D eigenvalue weighted by Crippen LogP contribution is 2.22. The van der Waals surface area contributed by atoms with Crippen LogP contribution in [0.1, 0.15) is 63.1 Å². The third kappa shape index (κ3) is 14.3. The fraction of sp³-hybridized carbons (Fsp3) is 0.378. The number of hydrogen-bond donors (Lipinski definition) is 4. The average molecular weight is 853 g/mol. The number of benzene rings is 4. The van der Waals surface area contributed by atoms with Crippen molar-refractivity contribution < 1.29 is 47.9 Å². The standard InChI is InChI=1S/C45H52N6O11/c1-45(2,3)62-44(57)49-36(15-9-23-46-43(56)61-29-30-11-5-4-6-12-30)40(53)48-37(26-32-17-20-33-13-7-8-14-34(33)25-32)42(55)50-24-10-16-38(50)41(54)47-27-39(52)60-28-31-18-21-35(22-19-31)51(58)59/h4-8,11-14,17-22,25,36-38H,9-10,15-16,23-24,26-29H2,1-3H3,(H,46,56)(H,47,54)(H,48,53)(H,49,57)/t36-,37+,38-/m1/s1. The number of carbonyl (C=O) groups is 6. The Morgan fingerprint density at radius 2 is 1.44 bits per heavy atom. The van der Waals surface area contributed by atoms with Crippen LogP contribution in [0.25, 0.3) is 10.8 Å². The van der Waals surface area contributed by atoms with Crippen molar-refractivity contribution in [3.05, 3.63) is 124 Å². The molecule has 0 aromatic heterocycles. The van der Waals surface area contributed by atoms with Gasteiger partial charge in [0, 0.05) is 31.6 Å². The molecule has 4 aromatic carbocycles. The summed E-state index contributed by atoms with van der Waals surface area (Å²) in [6.45, 7) is 4.77. The number of amides is 5. The third-order valence-corrected chi connectivity index (χ3v) is 9.82. The van der Waals surface area contributed by atoms with E-state index in [0.29, 0.717) is 18.4 Å². The predicted octanol–water partition coefficient (Wildman–Crippen LogP) is 5.23. The van der Waals surface area contributed by atoms with Gasteiger partial charge in [-0.3, -0.25) is 29.3 Å². The molecule has 0 spiro atoms. The average Bonchev–Trinajstić information content (AvgIpc) is 3.75. The van der Waals surface area contributed by atoms with Crippen molar-refractivity contribution in [1.29, 1.82) is 0 Å². The normalized spacial score (nSPS) is 14.5. The van der Waals surface area contributed by atoms with Crippen LogP contribution >= 0.6 is 0 Å². The number of nitro groups is 1. The van der Waals surface area contributed by atoms with Gasteiger partial charge in [-0.05, 0) is 86.1 Å². The van der Waals surface area contributed by atoms with E-state index in [0.717, 1.165) is 21.9 Å². The summed E-state index contributed by atoms with van der Waals surface area (Å²) < 4.78 is 15.9. The molecule has 3 atom stereocenters. The number of nitro benzene ring substituents is 1. The van der Waals surface area contributed by atoms with E-state index in [2.05, 4.69) is 21.3 Å². The fourth-order valence-electron chi connectivity index (χ4n) is 6.77. The van der Waals surface area contributed by atoms with E-state index >= 15 is 0 Å². The van der Waals surface area contributed by atoms with Gasteiger partial charge in [-0.2, -0.15) is 0 Å². The zero-order valence-electron chi connectivity index (χ0n) is 34.9. The van der Waals surface area contributed by atoms with Gasteiger partial charge >= 0.3 is 18.2 Å². The lowest BCUT2D eigenvalue weighted by molar-refractivity contribution is -0.384. The van der Waals surface area contributed by atoms with E-state index in [9.17, 15) is 38.9 Å². The highest BCUT2D eigenvalue weighted by atomic mass is 16.6. The summed E-state index contributed by atoms with van der Waals surface area (Å²) >= 11 is 0. The van der Waals surface area contributed by atoms with Crippen LogP contribution < -0.4 is 21.3 Å². The minimum Gasteiger partial charge on any atom is -0.460 e. The highest BCUT2D eigenvalue weighted by molar-refractivity contribution is 5.95. The predicted molar refractivity (Wildman–Crippen MR) is 227 cm³/mol. The summed E-state index contributed by atoms with van der Waals surface area (Å²) in [5.74, 6) is -2.56. The highest BCUT2D eigenvalue weighted by Gasteiger charge is 2.39. The van der Waals surface area contributed by atoms with E-state index in [1.807, 2.05) is 72.8 Å². The Morgan fingerprint density at radius 3 is 2.15 bits per heavy atom. The van der Waals surface area contributed by atoms with Crippen molar-refractivity contribution in [2.45, 2.75) is 89.8 Å². The molecule has 1 heterocycles. The first-order valence-corrected chi connectivity index (χ1v) is 20.3. The van der Waals surface area contributed by atoms with Gasteiger partial charge in [-0.15, -0.1) is 0 Å². The quantitative estimate of drug-likeness (QED) is 0.0334. The molecule has 0 saturated carbocycles. The number of alkyl carbamates (subject to hydrolysis) is 2. The minimum atomic E-state index is -1.19. The number of carbonyl (C=O) groups excluding carboxylic acids is 6. The Labute approximate surface area is 359 Å². The summed E-state index contributed by atoms with van der Waals surface area (Å²) in [6, 6.07) is 24.7. The number of non-ortho nitro benzene ring substituents is 1. The van der Waals surface area contributed by atoms with Crippen molar-refractivity contribution >= 4 is 52.3 Å². The SMILES string of the molecule is CC(C)(C)OC(=O)N[C@H](CCCNC(=O)OCc1ccccc1)C(=O)N[C@@H](Cc1ccc2ccccc2c1)C(=O)N1CCC[C@@H]1C(=O)NCC(=O)OCc1ccc([N+](=O)[O-])cc1. The number of likely N-dealkylation sites (tertiary alicyclic amines) is 1. The maximum Gasteiger partial charge on any atom is 0.408 e. The molecule has 1 aliphatic rings. The van der Waals surface area contributed by atoms with Crippen LogP contribution in [0, 0.1) is 10.1 Å². The molecule has 328 valence electrons. The summed E-state index contributed by atoms with van der Waals surface area (Å²) in [5, 5.41) is 23.5. The fourth-order valence-corrected chi connectivity index (χ4v) is 6.77. The lowest BCUT2D eigenvalue weighted by Crippen LogP contribution is -2.57. The lowest BCUT2D eigenvalue weighted by atomic mass is 10.00. The van der Waals surface area contributed by atoms with Gasteiger partial charge in [0.2, 0.25) is 17.7 Å². The van der Waals surface area contributed by atoms with Gasteiger partial charge in [0.15, 0.2) is 0 Å². The van der Waals surface area contributed by atoms with Gasteiger partial charge in [0.1, 0.15) is 43.5 Å². The number of esters is 1. The molecule has 62 heavy (non-hydrogen) atoms. The molecule has 17 heteroatoms. The Morgan fingerprint density at radius 1 is 0.774 bits per heavy atom. The molecule has 5 rings (SSSR count). The van der Waals surface area contributed by atoms with Crippen LogP contribution in [0.15, 0.2) is 97.1 Å². The third-order valence-electron chi connectivity index (χ3n) is 9.82. The molecule has 0 aliphatic carbocycles. The number of fused-ring (bicyclic) bond motifs is 1. The van der Waals surface area contributed by atoms with Crippen LogP contribution in [-0.4, -0.2) is 89.1 Å². The molecule has 0 unspecified atom stereocenters. The molecule has 4 N–H and O–H groups in total. The Bertz CT molecular complexity index is 2210. The zero-order chi connectivity index (χ0) is 44.6. The maximum absolute atomic E-state index is 14.5. The molecule has 0 bridgehead atoms. The first-order valence-electron chi connectivity index (χ1n) is 20.3. The first kappa shape index (κ1) is 46.0. The number of nitrogens with one attached hydrogen (secondary N) is 4. The molecule has 0 radical (unpaired) electrons. The summed E-state index contributed by atoms with van der Waals surface area (Å²) in [6.07, 6.45) is -0.390. The van der Waals surface area contributed by atoms with Crippen molar-refractivity contribution in [1.82, 2.24) is 26.2 Å². The Kier molecular flexibility index (Phi) is 16.3. The molecule has 17 nitrogen and oxygen atoms in total. The first-order chi connectivity index (χ1) is 29.6. The molecule has 1 saturated heterocycles. The molecule has 1 fully saturated rings. The second-order valence-corrected chi connectivity index (χ2v) is 15.8. The van der Waals surface area contributed by atoms with Gasteiger partial charge in [-0.1, -0.05) is 72.8 Å². The maximum atomic E-state index is 14.5. The number of rotatable bonds is 18. The van der Waals surface area contributed by atoms with Gasteiger partial charge in [0.25, 0.3) is 5.69 Å². The summed E-state index contributed by atoms with van der Waals surface area (Å²) in [5.41, 5.74) is 1.07. The van der Waals surface area contributed by atoms with Crippen molar-refractivity contribution in [3.8, 4) is 0 Å². The van der Waals surface area contributed by atoms with Gasteiger partial charge in [-0.25, -0.2) is 9.59 Å². The molecule has 1 aliphatic heterocycles. The van der Waals surface area contributed by atoms with Gasteiger partial charge < -0.3 is 40.4 Å². The van der Waals surface area contributed by atoms with Crippen LogP contribution in [0.4, 0.5) is 15.3 Å². The van der Waals surface area contributed by atoms with E-state index in [4.69, 9.17) is 14.2 Å². The largest absolute Gasteiger partial charge is 0.460 e. The van der Waals surface area contributed by atoms with Crippen molar-refractivity contribution in [3.63, 3.8) is 0 Å². The Balaban J connectivity index is 1.26. The van der Waals surface area contributed by atoms with Crippen LogP contribution in [0.5, 0.6) is 0 Å². The van der Waals surface area contributed by atoms with Crippen molar-refractivity contribution in [2.24, 2.45) is 0 Å². The minimum absolute atomic E-state index is 0.0448. The monoisotopic (exact) mass is 852 g/mol. The summed E-state index contributed by atoms with van der Waals surface area (Å²) in [7, 11) is 0. The van der Waals surface area contributed by atoms with Gasteiger partial charge in [0.05, 0.1) is 4.92 Å². The van der Waals surface area contributed by atoms with E-state index in [1.165, 1.54) is 29.2 Å². The molecule has 5 amide bonds. The topological polar surface area (TPSA) is 225 Å². The second kappa shape index (κ2) is 22.0. The number of nitrogens with zero attached hydrogens (tertiary/aromatic N) is 2. The summed E-state index contributed by atoms with van der Waals surface area (Å²) in [4.78, 5) is 91.8. The zero-order valence-corrected chi connectivity index (χ0v) is 34.9. The van der Waals surface area contributed by atoms with Crippen LogP contribution in [-0.2, 0) is 53.0 Å². The van der Waals surface area contributed by atoms with Crippen LogP contribution in [0.3, 0.4) is 0 Å². The van der Waals surface area contributed by atoms with E-state index < -0.39 is 71.1 Å². The van der Waals surface area contributed by atoms with E-state index in [1.54, 1.807) is 20.8 Å². The van der Waals surface area contributed by atoms with Crippen molar-refractivity contribution in [2.75, 3.05) is 19.6 Å². The van der Waals surface area contributed by atoms with E-state index in [-0.39, 0.29) is 51.3 Å². The molecular formula is C45H52N6O11. The van der Waals surface area contributed by atoms with Crippen LogP contribution in [0.2, 0.25) is 0 Å².